The lowest BCUT2D eigenvalue weighted by atomic mass is 10.1. The standard InChI is InChI=1S/C20H22N2O/c1-15(2)22(14-19-10-8-18(13-21)9-11-19)20(23)12-17-6-4-16(3)5-7-17/h4-11,15H,12,14H2,1-3H3. The van der Waals surface area contributed by atoms with Crippen molar-refractivity contribution in [2.45, 2.75) is 39.8 Å². The third kappa shape index (κ3) is 4.69. The van der Waals surface area contributed by atoms with Crippen LogP contribution in [0.25, 0.3) is 0 Å². The number of nitrogens with zero attached hydrogens (tertiary/aromatic N) is 2. The molecule has 0 saturated heterocycles. The van der Waals surface area contributed by atoms with Crippen LogP contribution in [0.3, 0.4) is 0 Å². The van der Waals surface area contributed by atoms with Gasteiger partial charge in [-0.2, -0.15) is 5.26 Å². The molecule has 0 heterocycles. The minimum atomic E-state index is 0.119. The quantitative estimate of drug-likeness (QED) is 0.842. The molecule has 0 aliphatic rings. The Morgan fingerprint density at radius 2 is 1.61 bits per heavy atom. The van der Waals surface area contributed by atoms with Gasteiger partial charge in [0.1, 0.15) is 0 Å². The maximum atomic E-state index is 12.6. The van der Waals surface area contributed by atoms with E-state index in [1.165, 1.54) is 5.56 Å². The number of amides is 1. The molecule has 0 radical (unpaired) electrons. The number of carbonyl (C=O) groups excluding carboxylic acids is 1. The van der Waals surface area contributed by atoms with Gasteiger partial charge in [-0.05, 0) is 44.0 Å². The van der Waals surface area contributed by atoms with E-state index in [4.69, 9.17) is 5.26 Å². The third-order valence-electron chi connectivity index (χ3n) is 3.86. The van der Waals surface area contributed by atoms with Gasteiger partial charge in [-0.3, -0.25) is 4.79 Å². The Bertz CT molecular complexity index is 694. The molecule has 2 rings (SSSR count). The van der Waals surface area contributed by atoms with Crippen LogP contribution in [0.15, 0.2) is 48.5 Å². The molecule has 0 aliphatic heterocycles. The Hall–Kier alpha value is -2.60. The van der Waals surface area contributed by atoms with Gasteiger partial charge in [0.2, 0.25) is 5.91 Å². The van der Waals surface area contributed by atoms with Gasteiger partial charge in [0.25, 0.3) is 0 Å². The summed E-state index contributed by atoms with van der Waals surface area (Å²) in [6.45, 7) is 6.65. The maximum absolute atomic E-state index is 12.6. The van der Waals surface area contributed by atoms with Crippen molar-refractivity contribution in [2.75, 3.05) is 0 Å². The highest BCUT2D eigenvalue weighted by molar-refractivity contribution is 5.79. The molecule has 2 aromatic rings. The van der Waals surface area contributed by atoms with Crippen LogP contribution in [0, 0.1) is 18.3 Å². The molecule has 0 atom stereocenters. The van der Waals surface area contributed by atoms with Crippen molar-refractivity contribution in [3.8, 4) is 6.07 Å². The molecule has 1 amide bonds. The monoisotopic (exact) mass is 306 g/mol. The Balaban J connectivity index is 2.09. The van der Waals surface area contributed by atoms with Gasteiger partial charge in [-0.1, -0.05) is 42.0 Å². The highest BCUT2D eigenvalue weighted by atomic mass is 16.2. The minimum absolute atomic E-state index is 0.119. The lowest BCUT2D eigenvalue weighted by Gasteiger charge is -2.27. The summed E-state index contributed by atoms with van der Waals surface area (Å²) in [5.41, 5.74) is 3.90. The van der Waals surface area contributed by atoms with Gasteiger partial charge in [-0.25, -0.2) is 0 Å². The normalized spacial score (nSPS) is 10.4. The van der Waals surface area contributed by atoms with Gasteiger partial charge >= 0.3 is 0 Å². The van der Waals surface area contributed by atoms with Crippen LogP contribution >= 0.6 is 0 Å². The average Bonchev–Trinajstić information content (AvgIpc) is 2.55. The Kier molecular flexibility index (Phi) is 5.54. The van der Waals surface area contributed by atoms with Gasteiger partial charge in [0.05, 0.1) is 18.1 Å². The Morgan fingerprint density at radius 1 is 1.04 bits per heavy atom. The van der Waals surface area contributed by atoms with E-state index >= 15 is 0 Å². The van der Waals surface area contributed by atoms with Gasteiger partial charge in [-0.15, -0.1) is 0 Å². The predicted octanol–water partition coefficient (Wildman–Crippen LogP) is 3.85. The first kappa shape index (κ1) is 16.8. The van der Waals surface area contributed by atoms with Crippen LogP contribution in [0.5, 0.6) is 0 Å². The van der Waals surface area contributed by atoms with E-state index in [2.05, 4.69) is 6.07 Å². The summed E-state index contributed by atoms with van der Waals surface area (Å²) in [5, 5.41) is 8.86. The fraction of sp³-hybridized carbons (Fsp3) is 0.300. The molecular formula is C20H22N2O. The minimum Gasteiger partial charge on any atom is -0.336 e. The number of nitriles is 1. The Labute approximate surface area is 138 Å². The second kappa shape index (κ2) is 7.60. The van der Waals surface area contributed by atoms with Crippen LogP contribution < -0.4 is 0 Å². The highest BCUT2D eigenvalue weighted by Crippen LogP contribution is 2.13. The summed E-state index contributed by atoms with van der Waals surface area (Å²) >= 11 is 0. The molecular weight excluding hydrogens is 284 g/mol. The van der Waals surface area contributed by atoms with Crippen molar-refractivity contribution >= 4 is 5.91 Å². The summed E-state index contributed by atoms with van der Waals surface area (Å²) in [6.07, 6.45) is 0.411. The molecule has 2 aromatic carbocycles. The summed E-state index contributed by atoms with van der Waals surface area (Å²) < 4.78 is 0. The molecule has 0 N–H and O–H groups in total. The first-order valence-corrected chi connectivity index (χ1v) is 7.83. The van der Waals surface area contributed by atoms with Gasteiger partial charge in [0, 0.05) is 12.6 Å². The van der Waals surface area contributed by atoms with Crippen LogP contribution in [-0.2, 0) is 17.8 Å². The summed E-state index contributed by atoms with van der Waals surface area (Å²) in [4.78, 5) is 14.5. The largest absolute Gasteiger partial charge is 0.336 e. The summed E-state index contributed by atoms with van der Waals surface area (Å²) in [5.74, 6) is 0.119. The van der Waals surface area contributed by atoms with E-state index in [0.29, 0.717) is 18.5 Å². The van der Waals surface area contributed by atoms with E-state index in [-0.39, 0.29) is 11.9 Å². The molecule has 3 nitrogen and oxygen atoms in total. The third-order valence-corrected chi connectivity index (χ3v) is 3.86. The molecule has 0 fully saturated rings. The smallest absolute Gasteiger partial charge is 0.227 e. The molecule has 118 valence electrons. The highest BCUT2D eigenvalue weighted by Gasteiger charge is 2.17. The molecule has 0 aromatic heterocycles. The SMILES string of the molecule is Cc1ccc(CC(=O)N(Cc2ccc(C#N)cc2)C(C)C)cc1. The lowest BCUT2D eigenvalue weighted by Crippen LogP contribution is -2.37. The first-order chi connectivity index (χ1) is 11.0. The van der Waals surface area contributed by atoms with Crippen LogP contribution in [0.4, 0.5) is 0 Å². The zero-order valence-corrected chi connectivity index (χ0v) is 13.9. The fourth-order valence-corrected chi connectivity index (χ4v) is 2.42. The molecule has 23 heavy (non-hydrogen) atoms. The van der Waals surface area contributed by atoms with E-state index < -0.39 is 0 Å². The van der Waals surface area contributed by atoms with Gasteiger partial charge < -0.3 is 4.90 Å². The lowest BCUT2D eigenvalue weighted by molar-refractivity contribution is -0.132. The van der Waals surface area contributed by atoms with Crippen LogP contribution in [-0.4, -0.2) is 16.8 Å². The molecule has 0 saturated carbocycles. The molecule has 0 bridgehead atoms. The fourth-order valence-electron chi connectivity index (χ4n) is 2.42. The average molecular weight is 306 g/mol. The zero-order chi connectivity index (χ0) is 16.8. The van der Waals surface area contributed by atoms with Crippen molar-refractivity contribution in [1.29, 1.82) is 5.26 Å². The van der Waals surface area contributed by atoms with Gasteiger partial charge in [0.15, 0.2) is 0 Å². The van der Waals surface area contributed by atoms with Crippen LogP contribution in [0.2, 0.25) is 0 Å². The molecule has 3 heteroatoms. The summed E-state index contributed by atoms with van der Waals surface area (Å²) in [7, 11) is 0. The molecule has 0 aliphatic carbocycles. The number of hydrogen-bond donors (Lipinski definition) is 0. The number of benzene rings is 2. The number of aryl methyl sites for hydroxylation is 1. The second-order valence-corrected chi connectivity index (χ2v) is 6.09. The molecule has 0 unspecified atom stereocenters. The van der Waals surface area contributed by atoms with E-state index in [9.17, 15) is 4.79 Å². The maximum Gasteiger partial charge on any atom is 0.227 e. The number of carbonyl (C=O) groups is 1. The van der Waals surface area contributed by atoms with Crippen molar-refractivity contribution in [2.24, 2.45) is 0 Å². The Morgan fingerprint density at radius 3 is 2.13 bits per heavy atom. The van der Waals surface area contributed by atoms with E-state index in [1.807, 2.05) is 62.1 Å². The number of hydrogen-bond acceptors (Lipinski definition) is 2. The van der Waals surface area contributed by atoms with Crippen molar-refractivity contribution < 1.29 is 4.79 Å². The van der Waals surface area contributed by atoms with Crippen molar-refractivity contribution in [1.82, 2.24) is 4.90 Å². The van der Waals surface area contributed by atoms with Crippen molar-refractivity contribution in [3.05, 3.63) is 70.8 Å². The van der Waals surface area contributed by atoms with E-state index in [0.717, 1.165) is 11.1 Å². The molecule has 0 spiro atoms. The first-order valence-electron chi connectivity index (χ1n) is 7.83. The van der Waals surface area contributed by atoms with E-state index in [1.54, 1.807) is 12.1 Å². The van der Waals surface area contributed by atoms with Crippen LogP contribution in [0.1, 0.15) is 36.1 Å². The second-order valence-electron chi connectivity index (χ2n) is 6.09. The topological polar surface area (TPSA) is 44.1 Å². The predicted molar refractivity (Wildman–Crippen MR) is 91.7 cm³/mol. The number of rotatable bonds is 5. The summed E-state index contributed by atoms with van der Waals surface area (Å²) in [6, 6.07) is 17.7. The zero-order valence-electron chi connectivity index (χ0n) is 13.9. The van der Waals surface area contributed by atoms with Crippen molar-refractivity contribution in [3.63, 3.8) is 0 Å².